The molecule has 2 heterocycles. The van der Waals surface area contributed by atoms with Crippen molar-refractivity contribution in [3.05, 3.63) is 12.2 Å². The second kappa shape index (κ2) is 39.7. The minimum absolute atomic E-state index is 0.00143. The number of methoxy groups -OCH3 is 1. The Labute approximate surface area is 579 Å². The van der Waals surface area contributed by atoms with Gasteiger partial charge in [-0.15, -0.1) is 0 Å². The number of allylic oxidation sites excluding steroid dienone is 2. The van der Waals surface area contributed by atoms with Gasteiger partial charge in [-0.3, -0.25) is 52.7 Å². The molecule has 2 aliphatic rings. The average molecular weight is 1380 g/mol. The topological polar surface area (TPSA) is 291 Å². The Morgan fingerprint density at radius 1 is 0.531 bits per heavy atom. The molecular formula is C70H126N12O13S. The summed E-state index contributed by atoms with van der Waals surface area (Å²) in [6.45, 7) is 32.4. The number of likely N-dealkylation sites (N-methyl/N-ethyl adjacent to an activating group) is 7. The molecule has 11 amide bonds. The maximum absolute atomic E-state index is 15.5. The molecule has 0 aromatic carbocycles. The van der Waals surface area contributed by atoms with E-state index < -0.39 is 161 Å². The minimum atomic E-state index is -1.64. The molecule has 2 rings (SSSR count). The lowest BCUT2D eigenvalue weighted by Crippen LogP contribution is -2.64. The van der Waals surface area contributed by atoms with E-state index in [-0.39, 0.29) is 55.6 Å². The van der Waals surface area contributed by atoms with Gasteiger partial charge in [-0.1, -0.05) is 95.2 Å². The molecule has 2 aliphatic heterocycles. The van der Waals surface area contributed by atoms with Gasteiger partial charge in [-0.2, -0.15) is 11.8 Å². The number of aliphatic hydroxyl groups excluding tert-OH is 1. The smallest absolute Gasteiger partial charge is 0.246 e. The fourth-order valence-corrected chi connectivity index (χ4v) is 13.6. The van der Waals surface area contributed by atoms with Crippen molar-refractivity contribution in [3.63, 3.8) is 0 Å². The van der Waals surface area contributed by atoms with Crippen molar-refractivity contribution in [2.45, 2.75) is 247 Å². The van der Waals surface area contributed by atoms with Gasteiger partial charge in [-0.05, 0) is 128 Å². The van der Waals surface area contributed by atoms with Gasteiger partial charge >= 0.3 is 0 Å². The average Bonchev–Trinajstić information content (AvgIpc) is 0.929. The Morgan fingerprint density at radius 2 is 0.979 bits per heavy atom. The number of nitrogens with one attached hydrogen (secondary N) is 4. The fourth-order valence-electron chi connectivity index (χ4n) is 12.4. The summed E-state index contributed by atoms with van der Waals surface area (Å²) in [5, 5.41) is 23.6. The van der Waals surface area contributed by atoms with Gasteiger partial charge in [0.2, 0.25) is 65.0 Å². The standard InChI is InChI=1S/C70H126N12O13S/c1-26-28-31-46(13)58(83)57-62(87)73-49(27-2)64(89)79(22)54(40-96-35-34-82-32-29-30-33-82)67(92)78(21)53(39-70(16,17)95-25)61(86)74-55(44(9)10)68(93)75(18)50(36-41(3)4)60(85)71-47(14)59(84)72-48(15)63(88)76(19)51(37-42(5)6)65(90)77(20)52(38-43(7)8)66(91)80(23)56(45(11)12)69(94)81(57)24/h26,28,41-58,83H,27,29-40H2,1-25H3,(H,71,85)(H,72,84)(H,73,87)(H,74,86)/b28-26+/t46-,47+,48-,49+,50+,51+,52+,53+,54-,55+,56+,57+,58-/m1/s1. The van der Waals surface area contributed by atoms with Crippen molar-refractivity contribution in [2.24, 2.45) is 35.5 Å². The molecule has 2 saturated heterocycles. The first kappa shape index (κ1) is 86.2. The first-order chi connectivity index (χ1) is 44.5. The van der Waals surface area contributed by atoms with Gasteiger partial charge < -0.3 is 70.3 Å². The number of ether oxygens (including phenoxy) is 1. The van der Waals surface area contributed by atoms with Crippen LogP contribution in [0.4, 0.5) is 0 Å². The molecule has 0 spiro atoms. The summed E-state index contributed by atoms with van der Waals surface area (Å²) in [5.74, 6) is -9.15. The number of likely N-dealkylation sites (tertiary alicyclic amines) is 1. The van der Waals surface area contributed by atoms with Crippen molar-refractivity contribution in [2.75, 3.05) is 87.6 Å². The quantitative estimate of drug-likeness (QED) is 0.0794. The van der Waals surface area contributed by atoms with E-state index in [1.807, 2.05) is 54.5 Å². The summed E-state index contributed by atoms with van der Waals surface area (Å²) in [7, 11) is 11.5. The van der Waals surface area contributed by atoms with Gasteiger partial charge in [-0.25, -0.2) is 0 Å². The van der Waals surface area contributed by atoms with Crippen molar-refractivity contribution in [1.82, 2.24) is 60.5 Å². The number of carbonyl (C=O) groups excluding carboxylic acids is 11. The number of amides is 11. The summed E-state index contributed by atoms with van der Waals surface area (Å²) in [4.78, 5) is 176. The number of carbonyl (C=O) groups is 11. The maximum atomic E-state index is 15.5. The number of aliphatic hydroxyl groups is 1. The van der Waals surface area contributed by atoms with E-state index in [1.165, 1.54) is 111 Å². The first-order valence-corrected chi connectivity index (χ1v) is 35.9. The molecule has 0 aromatic rings. The highest BCUT2D eigenvalue weighted by Gasteiger charge is 2.47. The van der Waals surface area contributed by atoms with Crippen LogP contribution in [0, 0.1) is 35.5 Å². The molecular weight excluding hydrogens is 1250 g/mol. The SMILES string of the molecule is C/C=C/C[C@@H](C)[C@@H](O)[C@H]1C(=O)N[C@@H](CC)C(=O)N(C)[C@H](CSCCN2CCCC2)C(=O)N(C)[C@@H](CC(C)(C)OC)C(=O)N[C@@H](C(C)C)C(=O)N(C)[C@@H](CC(C)C)C(=O)N[C@@H](C)C(=O)N[C@H](C)C(=O)N(C)[C@@H](CC(C)C)C(=O)N(C)[C@@H](CC(C)C)C(=O)N(C)[C@@H](C(C)C)C(=O)N1C. The number of thioether (sulfide) groups is 1. The minimum Gasteiger partial charge on any atom is -0.390 e. The molecule has 550 valence electrons. The van der Waals surface area contributed by atoms with Crippen LogP contribution in [-0.4, -0.2) is 275 Å². The van der Waals surface area contributed by atoms with Crippen molar-refractivity contribution >= 4 is 76.7 Å². The van der Waals surface area contributed by atoms with E-state index in [0.717, 1.165) is 37.4 Å². The van der Waals surface area contributed by atoms with Crippen LogP contribution < -0.4 is 21.3 Å². The number of nitrogens with zero attached hydrogens (tertiary/aromatic N) is 8. The number of hydrogen-bond acceptors (Lipinski definition) is 15. The molecule has 0 aliphatic carbocycles. The zero-order valence-corrected chi connectivity index (χ0v) is 63.9. The highest BCUT2D eigenvalue weighted by molar-refractivity contribution is 7.99. The monoisotopic (exact) mass is 1370 g/mol. The largest absolute Gasteiger partial charge is 0.390 e. The maximum Gasteiger partial charge on any atom is 0.246 e. The Kier molecular flexibility index (Phi) is 35.6. The zero-order valence-electron chi connectivity index (χ0n) is 63.1. The molecule has 0 bridgehead atoms. The Morgan fingerprint density at radius 3 is 1.47 bits per heavy atom. The van der Waals surface area contributed by atoms with Crippen molar-refractivity contribution in [1.29, 1.82) is 0 Å². The third-order valence-corrected chi connectivity index (χ3v) is 20.0. The van der Waals surface area contributed by atoms with E-state index in [1.54, 1.807) is 61.5 Å². The lowest BCUT2D eigenvalue weighted by molar-refractivity contribution is -0.157. The van der Waals surface area contributed by atoms with E-state index in [2.05, 4.69) is 26.2 Å². The van der Waals surface area contributed by atoms with E-state index in [9.17, 15) is 24.3 Å². The summed E-state index contributed by atoms with van der Waals surface area (Å²) < 4.78 is 5.86. The molecule has 96 heavy (non-hydrogen) atoms. The summed E-state index contributed by atoms with van der Waals surface area (Å²) in [6.07, 6.45) is 4.86. The summed E-state index contributed by atoms with van der Waals surface area (Å²) >= 11 is 1.45. The number of hydrogen-bond donors (Lipinski definition) is 5. The molecule has 0 radical (unpaired) electrons. The number of rotatable bonds is 21. The van der Waals surface area contributed by atoms with E-state index in [4.69, 9.17) is 4.74 Å². The third kappa shape index (κ3) is 24.2. The Hall–Kier alpha value is -5.86. The van der Waals surface area contributed by atoms with Crippen LogP contribution in [0.5, 0.6) is 0 Å². The fraction of sp³-hybridized carbons (Fsp3) is 0.814. The predicted octanol–water partition coefficient (Wildman–Crippen LogP) is 4.24. The van der Waals surface area contributed by atoms with Crippen LogP contribution in [0.25, 0.3) is 0 Å². The van der Waals surface area contributed by atoms with Crippen LogP contribution in [0.2, 0.25) is 0 Å². The molecule has 0 saturated carbocycles. The molecule has 0 aromatic heterocycles. The van der Waals surface area contributed by atoms with Gasteiger partial charge in [0.15, 0.2) is 0 Å². The normalized spacial score (nSPS) is 27.1. The predicted molar refractivity (Wildman–Crippen MR) is 377 cm³/mol. The van der Waals surface area contributed by atoms with Crippen LogP contribution in [-0.2, 0) is 57.5 Å². The summed E-state index contributed by atoms with van der Waals surface area (Å²) in [6, 6.07) is -14.0. The molecule has 13 atom stereocenters. The molecule has 5 N–H and O–H groups in total. The van der Waals surface area contributed by atoms with Crippen LogP contribution >= 0.6 is 11.8 Å². The van der Waals surface area contributed by atoms with Crippen LogP contribution in [0.1, 0.15) is 169 Å². The molecule has 0 unspecified atom stereocenters. The second-order valence-electron chi connectivity index (χ2n) is 29.5. The van der Waals surface area contributed by atoms with Gasteiger partial charge in [0, 0.05) is 80.9 Å². The van der Waals surface area contributed by atoms with Gasteiger partial charge in [0.05, 0.1) is 11.7 Å². The lowest BCUT2D eigenvalue weighted by atomic mass is 9.91. The van der Waals surface area contributed by atoms with Crippen molar-refractivity contribution < 1.29 is 62.6 Å². The van der Waals surface area contributed by atoms with E-state index in [0.29, 0.717) is 12.2 Å². The highest BCUT2D eigenvalue weighted by Crippen LogP contribution is 2.27. The van der Waals surface area contributed by atoms with E-state index >= 15 is 33.6 Å². The second-order valence-corrected chi connectivity index (χ2v) is 30.6. The van der Waals surface area contributed by atoms with Crippen LogP contribution in [0.3, 0.4) is 0 Å². The summed E-state index contributed by atoms with van der Waals surface area (Å²) in [5.41, 5.74) is -1.04. The third-order valence-electron chi connectivity index (χ3n) is 19.0. The Balaban J connectivity index is 3.13. The molecule has 25 nitrogen and oxygen atoms in total. The molecule has 2 fully saturated rings. The van der Waals surface area contributed by atoms with Crippen molar-refractivity contribution in [3.8, 4) is 0 Å². The zero-order chi connectivity index (χ0) is 73.7. The first-order valence-electron chi connectivity index (χ1n) is 34.8. The highest BCUT2D eigenvalue weighted by atomic mass is 32.2. The van der Waals surface area contributed by atoms with Crippen LogP contribution in [0.15, 0.2) is 12.2 Å². The van der Waals surface area contributed by atoms with Gasteiger partial charge in [0.1, 0.15) is 66.5 Å². The molecule has 26 heteroatoms. The Bertz CT molecular complexity index is 2630. The van der Waals surface area contributed by atoms with Gasteiger partial charge in [0.25, 0.3) is 0 Å². The lowest BCUT2D eigenvalue weighted by Gasteiger charge is -2.41.